The summed E-state index contributed by atoms with van der Waals surface area (Å²) in [5.74, 6) is 0.650. The number of aromatic amines is 1. The number of nitrogens with one attached hydrogen (secondary N) is 1. The zero-order valence-electron chi connectivity index (χ0n) is 12.0. The first-order valence-electron chi connectivity index (χ1n) is 8.13. The highest BCUT2D eigenvalue weighted by Crippen LogP contribution is 2.36. The third-order valence-electron chi connectivity index (χ3n) is 5.29. The van der Waals surface area contributed by atoms with Crippen LogP contribution in [0.25, 0.3) is 10.9 Å². The van der Waals surface area contributed by atoms with Gasteiger partial charge in [0.25, 0.3) is 0 Å². The normalized spacial score (nSPS) is 26.6. The van der Waals surface area contributed by atoms with Crippen LogP contribution in [-0.4, -0.2) is 16.2 Å². The lowest BCUT2D eigenvalue weighted by atomic mass is 9.82. The second-order valence-corrected chi connectivity index (χ2v) is 6.60. The highest BCUT2D eigenvalue weighted by atomic mass is 16.3. The smallest absolute Gasteiger partial charge is 0.0540 e. The maximum absolute atomic E-state index is 9.67. The molecule has 0 spiro atoms. The third kappa shape index (κ3) is 2.07. The predicted octanol–water partition coefficient (Wildman–Crippen LogP) is 4.07. The zero-order valence-corrected chi connectivity index (χ0v) is 12.0. The van der Waals surface area contributed by atoms with Crippen LogP contribution in [0.1, 0.15) is 61.3 Å². The molecule has 1 fully saturated rings. The van der Waals surface area contributed by atoms with Crippen LogP contribution < -0.4 is 0 Å². The monoisotopic (exact) mass is 269 g/mol. The molecule has 0 bridgehead atoms. The Kier molecular flexibility index (Phi) is 3.07. The summed E-state index contributed by atoms with van der Waals surface area (Å²) in [6.07, 6.45) is 9.26. The Bertz CT molecular complexity index is 620. The third-order valence-corrected chi connectivity index (χ3v) is 5.29. The minimum absolute atomic E-state index is 0.0602. The molecule has 2 heteroatoms. The summed E-state index contributed by atoms with van der Waals surface area (Å²) in [5.41, 5.74) is 5.85. The molecular weight excluding hydrogens is 246 g/mol. The van der Waals surface area contributed by atoms with E-state index in [0.717, 1.165) is 25.7 Å². The molecule has 1 aromatic heterocycles. The Labute approximate surface area is 120 Å². The largest absolute Gasteiger partial charge is 0.393 e. The highest BCUT2D eigenvalue weighted by molar-refractivity contribution is 5.85. The van der Waals surface area contributed by atoms with Crippen molar-refractivity contribution in [3.05, 3.63) is 35.0 Å². The Morgan fingerprint density at radius 1 is 1.00 bits per heavy atom. The van der Waals surface area contributed by atoms with Crippen LogP contribution in [0.3, 0.4) is 0 Å². The van der Waals surface area contributed by atoms with Crippen molar-refractivity contribution in [2.45, 2.75) is 63.4 Å². The number of aryl methyl sites for hydroxylation is 2. The summed E-state index contributed by atoms with van der Waals surface area (Å²) in [4.78, 5) is 3.61. The van der Waals surface area contributed by atoms with E-state index in [1.165, 1.54) is 47.8 Å². The topological polar surface area (TPSA) is 36.0 Å². The van der Waals surface area contributed by atoms with Crippen LogP contribution in [-0.2, 0) is 12.8 Å². The van der Waals surface area contributed by atoms with Gasteiger partial charge in [0.05, 0.1) is 6.10 Å². The standard InChI is InChI=1S/C18H23NO/c20-14-8-5-12(6-9-14)13-7-10-18-16(11-13)15-3-1-2-4-17(15)19-18/h7,10-12,14,19-20H,1-6,8-9H2. The van der Waals surface area contributed by atoms with Gasteiger partial charge in [-0.05, 0) is 80.5 Å². The van der Waals surface area contributed by atoms with Gasteiger partial charge in [-0.25, -0.2) is 0 Å². The first kappa shape index (κ1) is 12.5. The number of hydrogen-bond donors (Lipinski definition) is 2. The molecule has 1 heterocycles. The summed E-state index contributed by atoms with van der Waals surface area (Å²) in [6.45, 7) is 0. The zero-order chi connectivity index (χ0) is 13.5. The van der Waals surface area contributed by atoms with Crippen molar-refractivity contribution >= 4 is 10.9 Å². The van der Waals surface area contributed by atoms with Crippen molar-refractivity contribution in [2.75, 3.05) is 0 Å². The van der Waals surface area contributed by atoms with Gasteiger partial charge in [0.15, 0.2) is 0 Å². The van der Waals surface area contributed by atoms with Crippen molar-refractivity contribution in [3.8, 4) is 0 Å². The molecule has 0 saturated heterocycles. The van der Waals surface area contributed by atoms with Gasteiger partial charge in [-0.3, -0.25) is 0 Å². The summed E-state index contributed by atoms with van der Waals surface area (Å²) in [7, 11) is 0. The SMILES string of the molecule is OC1CCC(c2ccc3[nH]c4c(c3c2)CCCC4)CC1. The molecule has 2 N–H and O–H groups in total. The fraction of sp³-hybridized carbons (Fsp3) is 0.556. The molecule has 0 radical (unpaired) electrons. The van der Waals surface area contributed by atoms with E-state index in [1.807, 2.05) is 0 Å². The molecule has 0 amide bonds. The molecule has 0 atom stereocenters. The van der Waals surface area contributed by atoms with Gasteiger partial charge in [0, 0.05) is 16.6 Å². The number of hydrogen-bond acceptors (Lipinski definition) is 1. The molecular formula is C18H23NO. The van der Waals surface area contributed by atoms with Gasteiger partial charge in [-0.2, -0.15) is 0 Å². The van der Waals surface area contributed by atoms with E-state index in [9.17, 15) is 5.11 Å². The van der Waals surface area contributed by atoms with Gasteiger partial charge < -0.3 is 10.1 Å². The highest BCUT2D eigenvalue weighted by Gasteiger charge is 2.22. The van der Waals surface area contributed by atoms with Crippen LogP contribution in [0, 0.1) is 0 Å². The number of aliphatic hydroxyl groups is 1. The van der Waals surface area contributed by atoms with Crippen molar-refractivity contribution in [2.24, 2.45) is 0 Å². The van der Waals surface area contributed by atoms with E-state index >= 15 is 0 Å². The second-order valence-electron chi connectivity index (χ2n) is 6.60. The lowest BCUT2D eigenvalue weighted by Gasteiger charge is -2.25. The van der Waals surface area contributed by atoms with E-state index in [0.29, 0.717) is 5.92 Å². The molecule has 1 aromatic carbocycles. The first-order chi connectivity index (χ1) is 9.81. The van der Waals surface area contributed by atoms with E-state index in [1.54, 1.807) is 5.56 Å². The number of fused-ring (bicyclic) bond motifs is 3. The second kappa shape index (κ2) is 4.92. The molecule has 2 aliphatic rings. The number of benzene rings is 1. The van der Waals surface area contributed by atoms with Crippen LogP contribution >= 0.6 is 0 Å². The van der Waals surface area contributed by atoms with Crippen LogP contribution in [0.4, 0.5) is 0 Å². The van der Waals surface area contributed by atoms with Crippen LogP contribution in [0.15, 0.2) is 18.2 Å². The minimum atomic E-state index is -0.0602. The van der Waals surface area contributed by atoms with E-state index in [4.69, 9.17) is 0 Å². The molecule has 1 saturated carbocycles. The fourth-order valence-corrected chi connectivity index (χ4v) is 4.09. The number of rotatable bonds is 1. The van der Waals surface area contributed by atoms with Crippen LogP contribution in [0.2, 0.25) is 0 Å². The molecule has 0 unspecified atom stereocenters. The number of aromatic nitrogens is 1. The molecule has 2 aliphatic carbocycles. The molecule has 4 rings (SSSR count). The summed E-state index contributed by atoms with van der Waals surface area (Å²) >= 11 is 0. The molecule has 106 valence electrons. The first-order valence-corrected chi connectivity index (χ1v) is 8.13. The lowest BCUT2D eigenvalue weighted by Crippen LogP contribution is -2.16. The van der Waals surface area contributed by atoms with Crippen molar-refractivity contribution in [1.82, 2.24) is 4.98 Å². The van der Waals surface area contributed by atoms with Gasteiger partial charge in [-0.15, -0.1) is 0 Å². The van der Waals surface area contributed by atoms with Gasteiger partial charge in [0.1, 0.15) is 0 Å². The van der Waals surface area contributed by atoms with E-state index in [-0.39, 0.29) is 6.10 Å². The Hall–Kier alpha value is -1.28. The minimum Gasteiger partial charge on any atom is -0.393 e. The number of H-pyrrole nitrogens is 1. The van der Waals surface area contributed by atoms with Gasteiger partial charge >= 0.3 is 0 Å². The average Bonchev–Trinajstić information content (AvgIpc) is 2.86. The Balaban J connectivity index is 1.71. The summed E-state index contributed by atoms with van der Waals surface area (Å²) in [5, 5.41) is 11.1. The van der Waals surface area contributed by atoms with Crippen LogP contribution in [0.5, 0.6) is 0 Å². The lowest BCUT2D eigenvalue weighted by molar-refractivity contribution is 0.122. The van der Waals surface area contributed by atoms with Crippen molar-refractivity contribution in [3.63, 3.8) is 0 Å². The molecule has 2 nitrogen and oxygen atoms in total. The fourth-order valence-electron chi connectivity index (χ4n) is 4.09. The van der Waals surface area contributed by atoms with Crippen molar-refractivity contribution < 1.29 is 5.11 Å². The Morgan fingerprint density at radius 2 is 1.80 bits per heavy atom. The predicted molar refractivity (Wildman–Crippen MR) is 82.2 cm³/mol. The molecule has 2 aromatic rings. The van der Waals surface area contributed by atoms with E-state index < -0.39 is 0 Å². The maximum Gasteiger partial charge on any atom is 0.0540 e. The van der Waals surface area contributed by atoms with Gasteiger partial charge in [-0.1, -0.05) is 6.07 Å². The van der Waals surface area contributed by atoms with Gasteiger partial charge in [0.2, 0.25) is 0 Å². The van der Waals surface area contributed by atoms with Crippen molar-refractivity contribution in [1.29, 1.82) is 0 Å². The summed E-state index contributed by atoms with van der Waals surface area (Å²) < 4.78 is 0. The van der Waals surface area contributed by atoms with E-state index in [2.05, 4.69) is 23.2 Å². The Morgan fingerprint density at radius 3 is 2.65 bits per heavy atom. The molecule has 20 heavy (non-hydrogen) atoms. The number of aliphatic hydroxyl groups excluding tert-OH is 1. The summed E-state index contributed by atoms with van der Waals surface area (Å²) in [6, 6.07) is 7.00. The quantitative estimate of drug-likeness (QED) is 0.804. The molecule has 0 aliphatic heterocycles. The average molecular weight is 269 g/mol. The maximum atomic E-state index is 9.67.